The van der Waals surface area contributed by atoms with E-state index in [0.717, 1.165) is 50.7 Å². The molecule has 2 aromatic heterocycles. The van der Waals surface area contributed by atoms with Crippen LogP contribution in [0.5, 0.6) is 0 Å². The number of fused-ring (bicyclic) bond motifs is 7. The van der Waals surface area contributed by atoms with Crippen LogP contribution in [-0.2, 0) is 35.7 Å². The summed E-state index contributed by atoms with van der Waals surface area (Å²) in [6, 6.07) is 6.54. The molecule has 3 amide bonds. The molecule has 18 heteroatoms. The van der Waals surface area contributed by atoms with Gasteiger partial charge in [0.05, 0.1) is 56.1 Å². The Hall–Kier alpha value is -5.78. The summed E-state index contributed by atoms with van der Waals surface area (Å²) in [5.74, 6) is -8.03. The van der Waals surface area contributed by atoms with Crippen molar-refractivity contribution in [1.82, 2.24) is 40.4 Å². The second-order valence-corrected chi connectivity index (χ2v) is 17.0. The minimum atomic E-state index is -4.56. The van der Waals surface area contributed by atoms with Crippen LogP contribution in [0.2, 0.25) is 0 Å². The van der Waals surface area contributed by atoms with Gasteiger partial charge in [-0.05, 0) is 93.5 Å². The van der Waals surface area contributed by atoms with Crippen molar-refractivity contribution < 1.29 is 46.2 Å². The predicted octanol–water partition coefficient (Wildman–Crippen LogP) is 7.36. The summed E-state index contributed by atoms with van der Waals surface area (Å²) in [5.41, 5.74) is -0.317. The van der Waals surface area contributed by atoms with Gasteiger partial charge in [0.15, 0.2) is 0 Å². The molecule has 336 valence electrons. The molecule has 5 aliphatic rings. The third-order valence-corrected chi connectivity index (χ3v) is 13.8. The third kappa shape index (κ3) is 7.32. The topological polar surface area (TPSA) is 175 Å². The van der Waals surface area contributed by atoms with E-state index in [2.05, 4.69) is 35.3 Å². The number of aromatic nitrogens is 4. The zero-order chi connectivity index (χ0) is 45.0. The van der Waals surface area contributed by atoms with Gasteiger partial charge in [-0.15, -0.1) is 0 Å². The highest BCUT2D eigenvalue weighted by Gasteiger charge is 2.63. The molecule has 0 radical (unpaired) electrons. The van der Waals surface area contributed by atoms with Crippen LogP contribution in [0.15, 0.2) is 48.8 Å². The number of nitrogens with zero attached hydrogens (tertiary/aromatic N) is 4. The number of ether oxygens (including phenoxy) is 2. The van der Waals surface area contributed by atoms with Crippen molar-refractivity contribution in [1.29, 1.82) is 0 Å². The molecule has 4 aromatic rings. The number of carbonyl (C=O) groups is 4. The van der Waals surface area contributed by atoms with E-state index in [4.69, 9.17) is 9.53 Å². The van der Waals surface area contributed by atoms with Crippen molar-refractivity contribution >= 4 is 24.4 Å². The Kier molecular flexibility index (Phi) is 11.9. The maximum Gasteiger partial charge on any atom is 0.407 e. The molecular formula is C45H52F4N8O6. The lowest BCUT2D eigenvalue weighted by atomic mass is 9.79. The standard InChI is InChI=1S/C43H48F4N8O4.C2H4O2/c1-5-31(48-3)39(56)54-25-11-7-23(15-25)35(54)37-49-19-33(51-37)21-9-13-27-28-14-10-22(18-30(28)43(46,47)42(44,45)29(27)17-21)34-20-50-38(52-34)36-24-8-12-26(16-24)55(36)40(57)32(6-2)53-41(58)59-4;1-4-2-3/h9-10,13-14,17-20,23-26,31-32,35-36,48H,5-8,11-12,15-16H2,1-4H3,(H,49,51)(H,50,52)(H,53,58);2H,1H3/t23-,24?,25+,26+,31?,32?,35?,36?;/m0./s1. The van der Waals surface area contributed by atoms with E-state index < -0.39 is 41.1 Å². The van der Waals surface area contributed by atoms with Gasteiger partial charge in [-0.1, -0.05) is 38.1 Å². The van der Waals surface area contributed by atoms with E-state index in [-0.39, 0.29) is 70.1 Å². The van der Waals surface area contributed by atoms with Crippen LogP contribution in [0.4, 0.5) is 22.4 Å². The van der Waals surface area contributed by atoms with Crippen LogP contribution >= 0.6 is 0 Å². The van der Waals surface area contributed by atoms with Crippen molar-refractivity contribution in [2.75, 3.05) is 21.3 Å². The Morgan fingerprint density at radius 1 is 0.778 bits per heavy atom. The van der Waals surface area contributed by atoms with Crippen molar-refractivity contribution in [2.45, 2.75) is 113 Å². The van der Waals surface area contributed by atoms with E-state index in [9.17, 15) is 14.4 Å². The normalized spacial score (nSPS) is 25.3. The molecule has 14 nitrogen and oxygen atoms in total. The number of halogens is 4. The maximum atomic E-state index is 16.2. The number of aromatic amines is 2. The van der Waals surface area contributed by atoms with Crippen LogP contribution in [0, 0.1) is 11.8 Å². The number of benzene rings is 2. The number of hydrogen-bond acceptors (Lipinski definition) is 9. The molecule has 4 N–H and O–H groups in total. The van der Waals surface area contributed by atoms with Gasteiger partial charge in [-0.2, -0.15) is 17.6 Å². The Morgan fingerprint density at radius 2 is 1.22 bits per heavy atom. The number of methoxy groups -OCH3 is 2. The van der Waals surface area contributed by atoms with Crippen LogP contribution in [0.25, 0.3) is 33.6 Å². The van der Waals surface area contributed by atoms with E-state index in [1.165, 1.54) is 38.7 Å². The first-order chi connectivity index (χ1) is 30.2. The molecular weight excluding hydrogens is 825 g/mol. The van der Waals surface area contributed by atoms with Gasteiger partial charge in [0, 0.05) is 34.3 Å². The van der Waals surface area contributed by atoms with Crippen molar-refractivity contribution in [3.05, 3.63) is 71.6 Å². The number of carbonyl (C=O) groups excluding carboxylic acids is 4. The number of piperidine rings is 2. The number of imidazole rings is 2. The fraction of sp³-hybridized carbons (Fsp3) is 0.511. The zero-order valence-electron chi connectivity index (χ0n) is 35.7. The second-order valence-electron chi connectivity index (χ2n) is 17.0. The summed E-state index contributed by atoms with van der Waals surface area (Å²) >= 11 is 0. The van der Waals surface area contributed by atoms with Crippen LogP contribution in [0.3, 0.4) is 0 Å². The lowest BCUT2D eigenvalue weighted by Crippen LogP contribution is -2.51. The smallest absolute Gasteiger partial charge is 0.407 e. The van der Waals surface area contributed by atoms with Crippen molar-refractivity contribution in [3.8, 4) is 33.6 Å². The summed E-state index contributed by atoms with van der Waals surface area (Å²) in [6.45, 7) is 4.12. The number of alkyl halides is 4. The van der Waals surface area contributed by atoms with Crippen LogP contribution in [-0.4, -0.2) is 99.6 Å². The summed E-state index contributed by atoms with van der Waals surface area (Å²) in [7, 11) is 4.30. The SMILES string of the molecule is CCC(NC(=O)OC)C(=O)N1C(c2ncc(-c3ccc4c(c3)C(F)(F)C(F)(F)c3cc(-c5cnc(C6[C@H]7CC[C@H](C7)N6C(=O)C(CC)NC)[nH]5)ccc3-4)[nH]2)C2CC[C@@H]1C2.COC=O. The molecule has 4 bridgehead atoms. The van der Waals surface area contributed by atoms with Gasteiger partial charge in [0.1, 0.15) is 17.7 Å². The maximum absolute atomic E-state index is 16.2. The summed E-state index contributed by atoms with van der Waals surface area (Å²) in [6.07, 6.45) is 8.45. The number of alkyl carbamates (subject to hydrolysis) is 1. The average Bonchev–Trinajstić information content (AvgIpc) is 4.17. The predicted molar refractivity (Wildman–Crippen MR) is 222 cm³/mol. The van der Waals surface area contributed by atoms with Gasteiger partial charge in [0.25, 0.3) is 6.47 Å². The second kappa shape index (κ2) is 17.1. The molecule has 9 rings (SSSR count). The molecule has 2 aliphatic heterocycles. The molecule has 2 saturated heterocycles. The lowest BCUT2D eigenvalue weighted by molar-refractivity contribution is -0.225. The van der Waals surface area contributed by atoms with Gasteiger partial charge >= 0.3 is 17.9 Å². The monoisotopic (exact) mass is 876 g/mol. The highest BCUT2D eigenvalue weighted by Crippen LogP contribution is 2.59. The molecule has 63 heavy (non-hydrogen) atoms. The van der Waals surface area contributed by atoms with Gasteiger partial charge in [0.2, 0.25) is 11.8 Å². The van der Waals surface area contributed by atoms with Gasteiger partial charge in [-0.3, -0.25) is 14.4 Å². The molecule has 4 fully saturated rings. The minimum Gasteiger partial charge on any atom is -0.471 e. The Labute approximate surface area is 361 Å². The number of amides is 3. The molecule has 0 spiro atoms. The molecule has 4 heterocycles. The van der Waals surface area contributed by atoms with E-state index in [1.807, 2.05) is 11.8 Å². The van der Waals surface area contributed by atoms with E-state index in [1.54, 1.807) is 31.0 Å². The fourth-order valence-electron chi connectivity index (χ4n) is 10.7. The first-order valence-electron chi connectivity index (χ1n) is 21.5. The zero-order valence-corrected chi connectivity index (χ0v) is 35.7. The molecule has 2 saturated carbocycles. The van der Waals surface area contributed by atoms with Gasteiger partial charge < -0.3 is 39.9 Å². The Bertz CT molecular complexity index is 2380. The number of nitrogens with one attached hydrogen (secondary N) is 4. The van der Waals surface area contributed by atoms with Crippen molar-refractivity contribution in [2.24, 2.45) is 11.8 Å². The first-order valence-corrected chi connectivity index (χ1v) is 21.5. The summed E-state index contributed by atoms with van der Waals surface area (Å²) in [4.78, 5) is 67.6. The van der Waals surface area contributed by atoms with Crippen molar-refractivity contribution in [3.63, 3.8) is 0 Å². The van der Waals surface area contributed by atoms with E-state index in [0.29, 0.717) is 42.4 Å². The van der Waals surface area contributed by atoms with Gasteiger partial charge in [-0.25, -0.2) is 14.8 Å². The third-order valence-electron chi connectivity index (χ3n) is 13.8. The Morgan fingerprint density at radius 3 is 1.62 bits per heavy atom. The highest BCUT2D eigenvalue weighted by atomic mass is 19.3. The lowest BCUT2D eigenvalue weighted by Gasteiger charge is -2.36. The molecule has 5 unspecified atom stereocenters. The number of hydrogen-bond donors (Lipinski definition) is 4. The minimum absolute atomic E-state index is 0.000915. The number of rotatable bonds is 11. The number of likely N-dealkylation sites (N-methyl/N-ethyl adjacent to an activating group) is 1. The Balaban J connectivity index is 0.00000131. The average molecular weight is 877 g/mol. The van der Waals surface area contributed by atoms with E-state index >= 15 is 17.6 Å². The van der Waals surface area contributed by atoms with Crippen LogP contribution in [0.1, 0.15) is 100 Å². The summed E-state index contributed by atoms with van der Waals surface area (Å²) in [5, 5.41) is 5.71. The first kappa shape index (κ1) is 43.9. The quantitative estimate of drug-likeness (QED) is 0.0887. The molecule has 8 atom stereocenters. The highest BCUT2D eigenvalue weighted by molar-refractivity contribution is 5.87. The number of H-pyrrole nitrogens is 2. The summed E-state index contributed by atoms with van der Waals surface area (Å²) < 4.78 is 73.4. The fourth-order valence-corrected chi connectivity index (χ4v) is 10.7. The largest absolute Gasteiger partial charge is 0.471 e. The van der Waals surface area contributed by atoms with Crippen LogP contribution < -0.4 is 10.6 Å². The molecule has 3 aliphatic carbocycles. The molecule has 2 aromatic carbocycles. The number of likely N-dealkylation sites (tertiary alicyclic amines) is 2.